The molecule has 4 heteroatoms. The Labute approximate surface area is 133 Å². The third kappa shape index (κ3) is 3.42. The van der Waals surface area contributed by atoms with Crippen molar-refractivity contribution in [2.75, 3.05) is 19.1 Å². The van der Waals surface area contributed by atoms with Crippen LogP contribution in [-0.4, -0.2) is 22.2 Å². The van der Waals surface area contributed by atoms with Crippen LogP contribution in [0.3, 0.4) is 0 Å². The van der Waals surface area contributed by atoms with Crippen LogP contribution in [0, 0.1) is 0 Å². The van der Waals surface area contributed by atoms with Gasteiger partial charge in [0.15, 0.2) is 0 Å². The summed E-state index contributed by atoms with van der Waals surface area (Å²) >= 11 is 5.98. The van der Waals surface area contributed by atoms with Crippen LogP contribution < -0.4 is 14.8 Å². The normalized spacial score (nSPS) is 11.3. The molecule has 2 nitrogen and oxygen atoms in total. The fourth-order valence-electron chi connectivity index (χ4n) is 2.53. The third-order valence-electron chi connectivity index (χ3n) is 3.55. The quantitative estimate of drug-likeness (QED) is 0.760. The minimum Gasteiger partial charge on any atom is -0.497 e. The van der Waals surface area contributed by atoms with Crippen LogP contribution in [0.2, 0.25) is 24.7 Å². The van der Waals surface area contributed by atoms with Crippen molar-refractivity contribution in [3.8, 4) is 5.75 Å². The highest BCUT2D eigenvalue weighted by Crippen LogP contribution is 2.28. The zero-order valence-electron chi connectivity index (χ0n) is 13.3. The number of methoxy groups -OCH3 is 1. The van der Waals surface area contributed by atoms with Gasteiger partial charge >= 0.3 is 0 Å². The maximum Gasteiger partial charge on any atom is 0.120 e. The molecule has 0 aliphatic heterocycles. The van der Waals surface area contributed by atoms with Gasteiger partial charge < -0.3 is 9.64 Å². The fourth-order valence-corrected chi connectivity index (χ4v) is 4.60. The number of hydrogen-bond acceptors (Lipinski definition) is 2. The van der Waals surface area contributed by atoms with E-state index in [0.29, 0.717) is 0 Å². The zero-order chi connectivity index (χ0) is 15.6. The van der Waals surface area contributed by atoms with E-state index in [-0.39, 0.29) is 0 Å². The summed E-state index contributed by atoms with van der Waals surface area (Å²) in [6, 6.07) is 14.2. The van der Waals surface area contributed by atoms with Gasteiger partial charge in [-0.2, -0.15) is 0 Å². The lowest BCUT2D eigenvalue weighted by molar-refractivity contribution is 0.418. The topological polar surface area (TPSA) is 12.5 Å². The van der Waals surface area contributed by atoms with Gasteiger partial charge in [-0.05, 0) is 36.4 Å². The average molecular weight is 320 g/mol. The summed E-state index contributed by atoms with van der Waals surface area (Å²) < 4.78 is 5.60. The molecule has 0 atom stereocenters. The van der Waals surface area contributed by atoms with Crippen LogP contribution in [0.5, 0.6) is 5.75 Å². The van der Waals surface area contributed by atoms with E-state index in [9.17, 15) is 0 Å². The third-order valence-corrected chi connectivity index (χ3v) is 5.80. The van der Waals surface area contributed by atoms with Crippen LogP contribution >= 0.6 is 11.6 Å². The highest BCUT2D eigenvalue weighted by molar-refractivity contribution is 6.90. The molecule has 2 rings (SSSR count). The number of benzene rings is 2. The van der Waals surface area contributed by atoms with Crippen LogP contribution in [-0.2, 0) is 0 Å². The summed E-state index contributed by atoms with van der Waals surface area (Å²) in [6.45, 7) is 7.01. The molecular formula is C17H22ClNOSi. The first kappa shape index (κ1) is 15.9. The van der Waals surface area contributed by atoms with E-state index in [1.54, 1.807) is 7.11 Å². The minimum atomic E-state index is -1.54. The number of hydrogen-bond donors (Lipinski definition) is 0. The summed E-state index contributed by atoms with van der Waals surface area (Å²) in [5, 5.41) is 2.09. The van der Waals surface area contributed by atoms with E-state index in [0.717, 1.165) is 16.5 Å². The van der Waals surface area contributed by atoms with E-state index in [1.165, 1.54) is 10.9 Å². The van der Waals surface area contributed by atoms with E-state index in [1.807, 2.05) is 36.4 Å². The molecule has 2 aromatic carbocycles. The van der Waals surface area contributed by atoms with Gasteiger partial charge in [0.25, 0.3) is 0 Å². The van der Waals surface area contributed by atoms with Gasteiger partial charge in [-0.15, -0.1) is 0 Å². The van der Waals surface area contributed by atoms with E-state index in [4.69, 9.17) is 16.3 Å². The summed E-state index contributed by atoms with van der Waals surface area (Å²) in [4.78, 5) is 2.20. The Morgan fingerprint density at radius 1 is 1.00 bits per heavy atom. The van der Waals surface area contributed by atoms with Gasteiger partial charge in [-0.25, -0.2) is 0 Å². The zero-order valence-corrected chi connectivity index (χ0v) is 15.0. The molecule has 0 fully saturated rings. The highest BCUT2D eigenvalue weighted by atomic mass is 35.5. The Morgan fingerprint density at radius 2 is 1.62 bits per heavy atom. The monoisotopic (exact) mass is 319 g/mol. The van der Waals surface area contributed by atoms with Gasteiger partial charge in [0.05, 0.1) is 15.2 Å². The smallest absolute Gasteiger partial charge is 0.120 e. The Bertz CT molecular complexity index is 620. The molecule has 0 unspecified atom stereocenters. The fraction of sp³-hybridized carbons (Fsp3) is 0.294. The number of anilines is 2. The molecule has 0 amide bonds. The maximum absolute atomic E-state index is 5.98. The molecule has 0 aromatic heterocycles. The van der Waals surface area contributed by atoms with Crippen LogP contribution in [0.4, 0.5) is 11.4 Å². The molecule has 0 saturated heterocycles. The molecule has 0 N–H and O–H groups in total. The molecule has 0 aliphatic rings. The molecule has 0 spiro atoms. The minimum absolute atomic E-state index is 0.753. The number of nitrogens with zero attached hydrogens (tertiary/aromatic N) is 1. The highest BCUT2D eigenvalue weighted by Gasteiger charge is 2.26. The van der Waals surface area contributed by atoms with E-state index >= 15 is 0 Å². The van der Waals surface area contributed by atoms with Crippen molar-refractivity contribution in [1.29, 1.82) is 0 Å². The lowest BCUT2D eigenvalue weighted by atomic mass is 10.2. The molecule has 21 heavy (non-hydrogen) atoms. The standard InChI is InChI=1S/C17H22ClNOSi/c1-19(14-11-9-13(18)10-12-14)15-7-6-8-16(20-2)17(15)21(3,4)5/h6-12H,1-5H3. The van der Waals surface area contributed by atoms with Crippen molar-refractivity contribution in [2.45, 2.75) is 19.6 Å². The second-order valence-corrected chi connectivity index (χ2v) is 11.6. The molecule has 0 bridgehead atoms. The van der Waals surface area contributed by atoms with Crippen LogP contribution in [0.1, 0.15) is 0 Å². The van der Waals surface area contributed by atoms with E-state index in [2.05, 4.69) is 37.7 Å². The Balaban J connectivity index is 2.55. The largest absolute Gasteiger partial charge is 0.497 e. The maximum atomic E-state index is 5.98. The number of rotatable bonds is 4. The Hall–Kier alpha value is -1.45. The first-order valence-electron chi connectivity index (χ1n) is 7.01. The Kier molecular flexibility index (Phi) is 4.64. The average Bonchev–Trinajstić information content (AvgIpc) is 2.45. The predicted octanol–water partition coefficient (Wildman–Crippen LogP) is 4.66. The summed E-state index contributed by atoms with van der Waals surface area (Å²) in [5.74, 6) is 0.979. The summed E-state index contributed by atoms with van der Waals surface area (Å²) in [7, 11) is 2.28. The summed E-state index contributed by atoms with van der Waals surface area (Å²) in [5.41, 5.74) is 2.32. The number of halogens is 1. The first-order valence-corrected chi connectivity index (χ1v) is 10.9. The van der Waals surface area contributed by atoms with Crippen molar-refractivity contribution in [3.05, 3.63) is 47.5 Å². The second kappa shape index (κ2) is 6.12. The van der Waals surface area contributed by atoms with Gasteiger partial charge in [0.2, 0.25) is 0 Å². The van der Waals surface area contributed by atoms with Crippen molar-refractivity contribution in [2.24, 2.45) is 0 Å². The van der Waals surface area contributed by atoms with Crippen LogP contribution in [0.15, 0.2) is 42.5 Å². The van der Waals surface area contributed by atoms with Crippen LogP contribution in [0.25, 0.3) is 0 Å². The van der Waals surface area contributed by atoms with Crippen molar-refractivity contribution < 1.29 is 4.74 Å². The van der Waals surface area contributed by atoms with Gasteiger partial charge in [0.1, 0.15) is 5.75 Å². The molecule has 0 aliphatic carbocycles. The predicted molar refractivity (Wildman–Crippen MR) is 95.5 cm³/mol. The summed E-state index contributed by atoms with van der Waals surface area (Å²) in [6.07, 6.45) is 0. The number of ether oxygens (including phenoxy) is 1. The van der Waals surface area contributed by atoms with Gasteiger partial charge in [0, 0.05) is 28.6 Å². The molecule has 2 aromatic rings. The van der Waals surface area contributed by atoms with Gasteiger partial charge in [-0.3, -0.25) is 0 Å². The molecule has 112 valence electrons. The lowest BCUT2D eigenvalue weighted by Crippen LogP contribution is -2.41. The lowest BCUT2D eigenvalue weighted by Gasteiger charge is -2.29. The second-order valence-electron chi connectivity index (χ2n) is 6.14. The first-order chi connectivity index (χ1) is 9.84. The molecule has 0 heterocycles. The molecule has 0 radical (unpaired) electrons. The van der Waals surface area contributed by atoms with Crippen molar-refractivity contribution in [1.82, 2.24) is 0 Å². The van der Waals surface area contributed by atoms with Gasteiger partial charge in [-0.1, -0.05) is 37.3 Å². The van der Waals surface area contributed by atoms with Crippen molar-refractivity contribution in [3.63, 3.8) is 0 Å². The SMILES string of the molecule is COc1cccc(N(C)c2ccc(Cl)cc2)c1[Si](C)(C)C. The molecular weight excluding hydrogens is 298 g/mol. The Morgan fingerprint density at radius 3 is 2.14 bits per heavy atom. The van der Waals surface area contributed by atoms with Crippen molar-refractivity contribution >= 4 is 36.2 Å². The van der Waals surface area contributed by atoms with E-state index < -0.39 is 8.07 Å². The molecule has 0 saturated carbocycles.